The highest BCUT2D eigenvalue weighted by atomic mass is 32.1. The van der Waals surface area contributed by atoms with Crippen LogP contribution in [0.5, 0.6) is 17.2 Å². The number of thiazole rings is 1. The first-order valence-corrected chi connectivity index (χ1v) is 10.4. The summed E-state index contributed by atoms with van der Waals surface area (Å²) in [6.07, 6.45) is -0.514. The number of carbonyl (C=O) groups is 2. The Bertz CT molecular complexity index is 1140. The predicted octanol–water partition coefficient (Wildman–Crippen LogP) is 3.82. The minimum Gasteiger partial charge on any atom is -0.497 e. The Morgan fingerprint density at radius 3 is 2.55 bits per heavy atom. The Hall–Kier alpha value is -3.59. The molecular weight excluding hydrogens is 418 g/mol. The van der Waals surface area contributed by atoms with E-state index >= 15 is 0 Å². The molecule has 3 aromatic rings. The van der Waals surface area contributed by atoms with E-state index in [0.29, 0.717) is 39.3 Å². The minimum absolute atomic E-state index is 0.107. The van der Waals surface area contributed by atoms with Gasteiger partial charge in [-0.3, -0.25) is 14.9 Å². The maximum Gasteiger partial charge on any atom is 0.267 e. The van der Waals surface area contributed by atoms with E-state index in [1.54, 1.807) is 37.1 Å². The van der Waals surface area contributed by atoms with Crippen molar-refractivity contribution in [2.24, 2.45) is 0 Å². The number of nitrogens with zero attached hydrogens (tertiary/aromatic N) is 2. The number of nitrogens with one attached hydrogen (secondary N) is 1. The van der Waals surface area contributed by atoms with Crippen LogP contribution in [0.1, 0.15) is 17.3 Å². The highest BCUT2D eigenvalue weighted by Gasteiger charge is 2.29. The summed E-state index contributed by atoms with van der Waals surface area (Å²) in [7, 11) is 4.77. The van der Waals surface area contributed by atoms with Crippen LogP contribution < -0.4 is 24.4 Å². The summed E-state index contributed by atoms with van der Waals surface area (Å²) in [5.74, 6) is 1.26. The van der Waals surface area contributed by atoms with Gasteiger partial charge in [-0.05, 0) is 37.3 Å². The summed E-state index contributed by atoms with van der Waals surface area (Å²) in [4.78, 5) is 31.0. The molecule has 1 aliphatic heterocycles. The zero-order valence-electron chi connectivity index (χ0n) is 17.5. The van der Waals surface area contributed by atoms with Gasteiger partial charge in [-0.1, -0.05) is 0 Å². The molecule has 2 aromatic carbocycles. The maximum absolute atomic E-state index is 12.7. The molecule has 2 amide bonds. The molecule has 2 heterocycles. The Labute approximate surface area is 183 Å². The van der Waals surface area contributed by atoms with Gasteiger partial charge < -0.3 is 19.1 Å². The average Bonchev–Trinajstić information content (AvgIpc) is 3.25. The number of benzene rings is 2. The number of hydrogen-bond acceptors (Lipinski definition) is 7. The van der Waals surface area contributed by atoms with E-state index < -0.39 is 6.10 Å². The number of hydrogen-bond donors (Lipinski definition) is 1. The molecule has 0 radical (unpaired) electrons. The van der Waals surface area contributed by atoms with Crippen molar-refractivity contribution < 1.29 is 23.8 Å². The molecule has 0 spiro atoms. The van der Waals surface area contributed by atoms with Crippen molar-refractivity contribution in [3.05, 3.63) is 47.3 Å². The van der Waals surface area contributed by atoms with Gasteiger partial charge in [0.1, 0.15) is 17.2 Å². The second kappa shape index (κ2) is 8.27. The topological polar surface area (TPSA) is 90.0 Å². The standard InChI is InChI=1S/C22H21N3O5S/c1-12-21(27)25(2)18-9-13(5-6-19(18)30-12)17-11-31-22(23-17)24-20(26)14-7-15(28-3)10-16(8-14)29-4/h5-12H,1-4H3,(H,23,24,26). The van der Waals surface area contributed by atoms with E-state index in [1.165, 1.54) is 25.6 Å². The van der Waals surface area contributed by atoms with Crippen LogP contribution in [0.3, 0.4) is 0 Å². The molecule has 9 heteroatoms. The molecule has 160 valence electrons. The molecule has 31 heavy (non-hydrogen) atoms. The average molecular weight is 439 g/mol. The number of fused-ring (bicyclic) bond motifs is 1. The molecule has 0 saturated heterocycles. The lowest BCUT2D eigenvalue weighted by Crippen LogP contribution is -2.41. The SMILES string of the molecule is COc1cc(OC)cc(C(=O)Nc2nc(-c3ccc4c(c3)N(C)C(=O)C(C)O4)cs2)c1. The number of ether oxygens (including phenoxy) is 3. The highest BCUT2D eigenvalue weighted by molar-refractivity contribution is 7.14. The minimum atomic E-state index is -0.514. The Morgan fingerprint density at radius 2 is 1.87 bits per heavy atom. The molecule has 0 aliphatic carbocycles. The first kappa shape index (κ1) is 20.7. The van der Waals surface area contributed by atoms with Crippen molar-refractivity contribution in [1.29, 1.82) is 0 Å². The summed E-state index contributed by atoms with van der Waals surface area (Å²) in [6, 6.07) is 10.5. The van der Waals surface area contributed by atoms with Crippen LogP contribution in [0.15, 0.2) is 41.8 Å². The summed E-state index contributed by atoms with van der Waals surface area (Å²) in [5, 5.41) is 5.10. The van der Waals surface area contributed by atoms with Crippen molar-refractivity contribution in [3.63, 3.8) is 0 Å². The highest BCUT2D eigenvalue weighted by Crippen LogP contribution is 2.37. The molecule has 1 atom stereocenters. The zero-order chi connectivity index (χ0) is 22.1. The van der Waals surface area contributed by atoms with Gasteiger partial charge in [-0.2, -0.15) is 0 Å². The molecule has 0 saturated carbocycles. The van der Waals surface area contributed by atoms with Crippen LogP contribution in [0, 0.1) is 0 Å². The number of aromatic nitrogens is 1. The van der Waals surface area contributed by atoms with Crippen molar-refractivity contribution in [2.45, 2.75) is 13.0 Å². The number of amides is 2. The van der Waals surface area contributed by atoms with Crippen LogP contribution in [0.2, 0.25) is 0 Å². The first-order chi connectivity index (χ1) is 14.9. The van der Waals surface area contributed by atoms with Crippen LogP contribution in [-0.4, -0.2) is 44.2 Å². The number of anilines is 2. The third-order valence-corrected chi connectivity index (χ3v) is 5.69. The van der Waals surface area contributed by atoms with E-state index in [0.717, 1.165) is 5.56 Å². The molecule has 1 aromatic heterocycles. The second-order valence-corrected chi connectivity index (χ2v) is 7.79. The van der Waals surface area contributed by atoms with E-state index in [9.17, 15) is 9.59 Å². The fraction of sp³-hybridized carbons (Fsp3) is 0.227. The summed E-state index contributed by atoms with van der Waals surface area (Å²) in [6.45, 7) is 1.73. The summed E-state index contributed by atoms with van der Waals surface area (Å²) < 4.78 is 16.1. The van der Waals surface area contributed by atoms with Gasteiger partial charge in [-0.25, -0.2) is 4.98 Å². The number of methoxy groups -OCH3 is 2. The van der Waals surface area contributed by atoms with Gasteiger partial charge in [0.25, 0.3) is 11.8 Å². The van der Waals surface area contributed by atoms with Crippen molar-refractivity contribution >= 4 is 34.0 Å². The molecule has 4 rings (SSSR count). The normalized spacial score (nSPS) is 15.2. The van der Waals surface area contributed by atoms with Gasteiger partial charge in [0.05, 0.1) is 25.6 Å². The summed E-state index contributed by atoms with van der Waals surface area (Å²) in [5.41, 5.74) is 2.58. The van der Waals surface area contributed by atoms with E-state index in [4.69, 9.17) is 14.2 Å². The second-order valence-electron chi connectivity index (χ2n) is 6.93. The smallest absolute Gasteiger partial charge is 0.267 e. The Balaban J connectivity index is 1.56. The number of rotatable bonds is 5. The molecule has 1 aliphatic rings. The maximum atomic E-state index is 12.7. The van der Waals surface area contributed by atoms with E-state index in [2.05, 4.69) is 10.3 Å². The molecule has 1 unspecified atom stereocenters. The molecular formula is C22H21N3O5S. The third-order valence-electron chi connectivity index (χ3n) is 4.94. The Morgan fingerprint density at radius 1 is 1.16 bits per heavy atom. The van der Waals surface area contributed by atoms with E-state index in [1.807, 2.05) is 23.6 Å². The van der Waals surface area contributed by atoms with Gasteiger partial charge in [0.2, 0.25) is 0 Å². The lowest BCUT2D eigenvalue weighted by Gasteiger charge is -2.30. The van der Waals surface area contributed by atoms with Crippen molar-refractivity contribution in [2.75, 3.05) is 31.5 Å². The quantitative estimate of drug-likeness (QED) is 0.650. The van der Waals surface area contributed by atoms with Crippen LogP contribution in [0.25, 0.3) is 11.3 Å². The lowest BCUT2D eigenvalue weighted by atomic mass is 10.1. The van der Waals surface area contributed by atoms with Gasteiger partial charge in [-0.15, -0.1) is 11.3 Å². The monoisotopic (exact) mass is 439 g/mol. The molecule has 1 N–H and O–H groups in total. The van der Waals surface area contributed by atoms with Gasteiger partial charge in [0.15, 0.2) is 11.2 Å². The number of carbonyl (C=O) groups excluding carboxylic acids is 2. The zero-order valence-corrected chi connectivity index (χ0v) is 18.3. The van der Waals surface area contributed by atoms with Gasteiger partial charge >= 0.3 is 0 Å². The fourth-order valence-corrected chi connectivity index (χ4v) is 3.96. The van der Waals surface area contributed by atoms with Gasteiger partial charge in [0, 0.05) is 29.6 Å². The van der Waals surface area contributed by atoms with Crippen LogP contribution >= 0.6 is 11.3 Å². The Kier molecular flexibility index (Phi) is 5.51. The van der Waals surface area contributed by atoms with Crippen LogP contribution in [0.4, 0.5) is 10.8 Å². The summed E-state index contributed by atoms with van der Waals surface area (Å²) >= 11 is 1.31. The largest absolute Gasteiger partial charge is 0.497 e. The van der Waals surface area contributed by atoms with E-state index in [-0.39, 0.29) is 11.8 Å². The molecule has 0 bridgehead atoms. The number of likely N-dealkylation sites (N-methyl/N-ethyl adjacent to an activating group) is 1. The molecule has 0 fully saturated rings. The van der Waals surface area contributed by atoms with Crippen LogP contribution in [-0.2, 0) is 4.79 Å². The van der Waals surface area contributed by atoms with Crippen molar-refractivity contribution in [1.82, 2.24) is 4.98 Å². The third kappa shape index (κ3) is 4.04. The first-order valence-electron chi connectivity index (χ1n) is 9.48. The predicted molar refractivity (Wildman–Crippen MR) is 119 cm³/mol. The van der Waals surface area contributed by atoms with Crippen molar-refractivity contribution in [3.8, 4) is 28.5 Å². The fourth-order valence-electron chi connectivity index (χ4n) is 3.24. The lowest BCUT2D eigenvalue weighted by molar-refractivity contribution is -0.125. The molecule has 8 nitrogen and oxygen atoms in total.